The van der Waals surface area contributed by atoms with Crippen LogP contribution >= 0.6 is 0 Å². The molecular weight excluding hydrogens is 210 g/mol. The Morgan fingerprint density at radius 2 is 2.18 bits per heavy atom. The Labute approximate surface area is 104 Å². The molecule has 1 aromatic heterocycles. The molecule has 0 bridgehead atoms. The summed E-state index contributed by atoms with van der Waals surface area (Å²) in [6, 6.07) is 2.84. The summed E-state index contributed by atoms with van der Waals surface area (Å²) in [6.45, 7) is 6.46. The molecular formula is C14H25N3. The summed E-state index contributed by atoms with van der Waals surface area (Å²) in [6.07, 6.45) is 6.27. The van der Waals surface area contributed by atoms with Crippen molar-refractivity contribution in [3.05, 3.63) is 17.5 Å². The van der Waals surface area contributed by atoms with Gasteiger partial charge in [-0.25, -0.2) is 0 Å². The van der Waals surface area contributed by atoms with Gasteiger partial charge in [-0.15, -0.1) is 0 Å². The van der Waals surface area contributed by atoms with Crippen LogP contribution in [0.3, 0.4) is 0 Å². The van der Waals surface area contributed by atoms with Gasteiger partial charge in [0.05, 0.1) is 11.7 Å². The van der Waals surface area contributed by atoms with Crippen LogP contribution in [0.5, 0.6) is 0 Å². The van der Waals surface area contributed by atoms with Crippen molar-refractivity contribution in [2.75, 3.05) is 0 Å². The maximum atomic E-state index is 6.29. The van der Waals surface area contributed by atoms with E-state index in [0.717, 1.165) is 18.0 Å². The minimum Gasteiger partial charge on any atom is -0.326 e. The molecule has 1 aromatic rings. The van der Waals surface area contributed by atoms with Crippen molar-refractivity contribution < 1.29 is 0 Å². The summed E-state index contributed by atoms with van der Waals surface area (Å²) in [4.78, 5) is 0. The van der Waals surface area contributed by atoms with Gasteiger partial charge in [0.15, 0.2) is 0 Å². The first-order chi connectivity index (χ1) is 8.11. The summed E-state index contributed by atoms with van der Waals surface area (Å²) in [5.41, 5.74) is 8.64. The lowest BCUT2D eigenvalue weighted by atomic mass is 9.80. The molecule has 1 heterocycles. The molecule has 2 N–H and O–H groups in total. The molecule has 1 aliphatic rings. The summed E-state index contributed by atoms with van der Waals surface area (Å²) >= 11 is 0. The fraction of sp³-hybridized carbons (Fsp3) is 0.786. The first-order valence-electron chi connectivity index (χ1n) is 6.90. The number of nitrogens with zero attached hydrogens (tertiary/aromatic N) is 2. The fourth-order valence-corrected chi connectivity index (χ4v) is 3.19. The summed E-state index contributed by atoms with van der Waals surface area (Å²) in [7, 11) is 0. The van der Waals surface area contributed by atoms with Crippen molar-refractivity contribution in [2.24, 2.45) is 11.7 Å². The lowest BCUT2D eigenvalue weighted by molar-refractivity contribution is 0.210. The summed E-state index contributed by atoms with van der Waals surface area (Å²) < 4.78 is 2.17. The third kappa shape index (κ3) is 2.71. The topological polar surface area (TPSA) is 43.8 Å². The lowest BCUT2D eigenvalue weighted by Crippen LogP contribution is -2.38. The number of nitrogens with two attached hydrogens (primary N) is 1. The zero-order valence-electron chi connectivity index (χ0n) is 11.3. The molecule has 0 spiro atoms. The maximum Gasteiger partial charge on any atom is 0.0675 e. The summed E-state index contributed by atoms with van der Waals surface area (Å²) in [5.74, 6) is 0.841. The number of hydrogen-bond donors (Lipinski definition) is 1. The highest BCUT2D eigenvalue weighted by molar-refractivity contribution is 5.09. The second kappa shape index (κ2) is 5.21. The Balaban J connectivity index is 2.14. The molecule has 0 radical (unpaired) electrons. The van der Waals surface area contributed by atoms with Crippen LogP contribution in [-0.4, -0.2) is 15.8 Å². The van der Waals surface area contributed by atoms with Crippen molar-refractivity contribution >= 4 is 0 Å². The van der Waals surface area contributed by atoms with Crippen LogP contribution in [0.25, 0.3) is 0 Å². The molecule has 3 atom stereocenters. The lowest BCUT2D eigenvalue weighted by Gasteiger charge is -2.34. The van der Waals surface area contributed by atoms with E-state index < -0.39 is 0 Å². The molecule has 3 nitrogen and oxygen atoms in total. The van der Waals surface area contributed by atoms with Gasteiger partial charge in [-0.05, 0) is 45.1 Å². The molecule has 17 heavy (non-hydrogen) atoms. The molecule has 1 saturated carbocycles. The van der Waals surface area contributed by atoms with E-state index in [2.05, 4.69) is 36.6 Å². The largest absolute Gasteiger partial charge is 0.326 e. The van der Waals surface area contributed by atoms with Gasteiger partial charge >= 0.3 is 0 Å². The summed E-state index contributed by atoms with van der Waals surface area (Å²) in [5, 5.41) is 4.62. The Kier molecular flexibility index (Phi) is 3.87. The van der Waals surface area contributed by atoms with Gasteiger partial charge in [-0.3, -0.25) is 4.68 Å². The zero-order valence-corrected chi connectivity index (χ0v) is 11.3. The molecule has 2 rings (SSSR count). The molecule has 0 aliphatic heterocycles. The predicted molar refractivity (Wildman–Crippen MR) is 71.0 cm³/mol. The van der Waals surface area contributed by atoms with Gasteiger partial charge in [0.2, 0.25) is 0 Å². The Morgan fingerprint density at radius 1 is 1.41 bits per heavy atom. The van der Waals surface area contributed by atoms with Crippen molar-refractivity contribution in [1.82, 2.24) is 9.78 Å². The van der Waals surface area contributed by atoms with Gasteiger partial charge in [-0.1, -0.05) is 19.8 Å². The molecule has 3 unspecified atom stereocenters. The number of aromatic nitrogens is 2. The molecule has 0 amide bonds. The van der Waals surface area contributed by atoms with E-state index in [1.807, 2.05) is 0 Å². The second-order valence-electron chi connectivity index (χ2n) is 5.57. The zero-order chi connectivity index (χ0) is 12.4. The third-order valence-electron chi connectivity index (χ3n) is 4.03. The van der Waals surface area contributed by atoms with E-state index in [0.29, 0.717) is 6.04 Å². The molecule has 3 heteroatoms. The minimum absolute atomic E-state index is 0.279. The predicted octanol–water partition coefficient (Wildman–Crippen LogP) is 2.97. The van der Waals surface area contributed by atoms with Crippen LogP contribution in [0.15, 0.2) is 6.07 Å². The first kappa shape index (κ1) is 12.6. The molecule has 96 valence electrons. The molecule has 0 aromatic carbocycles. The first-order valence-corrected chi connectivity index (χ1v) is 6.90. The van der Waals surface area contributed by atoms with Gasteiger partial charge in [0, 0.05) is 11.7 Å². The van der Waals surface area contributed by atoms with Crippen molar-refractivity contribution in [2.45, 2.75) is 65.0 Å². The number of hydrogen-bond acceptors (Lipinski definition) is 2. The molecule has 0 saturated heterocycles. The van der Waals surface area contributed by atoms with Gasteiger partial charge < -0.3 is 5.73 Å². The Hall–Kier alpha value is -0.830. The second-order valence-corrected chi connectivity index (χ2v) is 5.57. The van der Waals surface area contributed by atoms with Crippen LogP contribution in [-0.2, 0) is 0 Å². The van der Waals surface area contributed by atoms with Gasteiger partial charge in [0.25, 0.3) is 0 Å². The van der Waals surface area contributed by atoms with E-state index in [-0.39, 0.29) is 6.04 Å². The SMILES string of the molecule is CCCC1CCC(N)C(n2nc(C)cc2C)C1. The average molecular weight is 235 g/mol. The standard InChI is InChI=1S/C14H25N3/c1-4-5-12-6-7-13(15)14(9-12)17-11(3)8-10(2)16-17/h8,12-14H,4-7,9,15H2,1-3H3. The molecule has 1 aliphatic carbocycles. The van der Waals surface area contributed by atoms with E-state index in [4.69, 9.17) is 5.73 Å². The minimum atomic E-state index is 0.279. The Bertz CT molecular complexity index is 370. The Morgan fingerprint density at radius 3 is 2.76 bits per heavy atom. The van der Waals surface area contributed by atoms with E-state index in [9.17, 15) is 0 Å². The van der Waals surface area contributed by atoms with E-state index >= 15 is 0 Å². The van der Waals surface area contributed by atoms with Crippen LogP contribution in [0.2, 0.25) is 0 Å². The van der Waals surface area contributed by atoms with Crippen LogP contribution in [0.1, 0.15) is 56.5 Å². The van der Waals surface area contributed by atoms with E-state index in [1.165, 1.54) is 31.4 Å². The van der Waals surface area contributed by atoms with Crippen molar-refractivity contribution in [3.63, 3.8) is 0 Å². The smallest absolute Gasteiger partial charge is 0.0675 e. The van der Waals surface area contributed by atoms with Crippen molar-refractivity contribution in [3.8, 4) is 0 Å². The molecule has 1 fully saturated rings. The van der Waals surface area contributed by atoms with E-state index in [1.54, 1.807) is 0 Å². The highest BCUT2D eigenvalue weighted by atomic mass is 15.3. The van der Waals surface area contributed by atoms with Gasteiger partial charge in [0.1, 0.15) is 0 Å². The van der Waals surface area contributed by atoms with Crippen molar-refractivity contribution in [1.29, 1.82) is 0 Å². The average Bonchev–Trinajstić information content (AvgIpc) is 2.61. The normalized spacial score (nSPS) is 29.5. The monoisotopic (exact) mass is 235 g/mol. The highest BCUT2D eigenvalue weighted by Gasteiger charge is 2.30. The quantitative estimate of drug-likeness (QED) is 0.875. The number of aryl methyl sites for hydroxylation is 2. The third-order valence-corrected chi connectivity index (χ3v) is 4.03. The fourth-order valence-electron chi connectivity index (χ4n) is 3.19. The number of rotatable bonds is 3. The van der Waals surface area contributed by atoms with Crippen LogP contribution in [0, 0.1) is 19.8 Å². The van der Waals surface area contributed by atoms with Gasteiger partial charge in [-0.2, -0.15) is 5.10 Å². The highest BCUT2D eigenvalue weighted by Crippen LogP contribution is 2.34. The van der Waals surface area contributed by atoms with Crippen LogP contribution < -0.4 is 5.73 Å². The maximum absolute atomic E-state index is 6.29. The van der Waals surface area contributed by atoms with Crippen LogP contribution in [0.4, 0.5) is 0 Å².